The van der Waals surface area contributed by atoms with E-state index in [9.17, 15) is 14.0 Å². The van der Waals surface area contributed by atoms with Gasteiger partial charge in [0.15, 0.2) is 11.5 Å². The van der Waals surface area contributed by atoms with Crippen LogP contribution in [-0.2, 0) is 9.59 Å². The van der Waals surface area contributed by atoms with Gasteiger partial charge in [0.1, 0.15) is 5.82 Å². The van der Waals surface area contributed by atoms with Crippen LogP contribution in [0.1, 0.15) is 17.9 Å². The number of nitrogens with one attached hydrogen (secondary N) is 2. The van der Waals surface area contributed by atoms with Crippen molar-refractivity contribution in [1.29, 1.82) is 0 Å². The van der Waals surface area contributed by atoms with Crippen LogP contribution in [0.3, 0.4) is 0 Å². The summed E-state index contributed by atoms with van der Waals surface area (Å²) in [4.78, 5) is 24.8. The second-order valence-electron chi connectivity index (χ2n) is 6.12. The highest BCUT2D eigenvalue weighted by molar-refractivity contribution is 9.10. The molecule has 1 heterocycles. The average molecular weight is 449 g/mol. The fourth-order valence-electron chi connectivity index (χ4n) is 3.00. The molecule has 0 saturated carbocycles. The average Bonchev–Trinajstić information content (AvgIpc) is 2.69. The van der Waals surface area contributed by atoms with Gasteiger partial charge in [-0.15, -0.1) is 0 Å². The third-order valence-electron chi connectivity index (χ3n) is 4.39. The van der Waals surface area contributed by atoms with E-state index in [4.69, 9.17) is 9.47 Å². The highest BCUT2D eigenvalue weighted by Crippen LogP contribution is 2.37. The van der Waals surface area contributed by atoms with Crippen LogP contribution >= 0.6 is 15.9 Å². The van der Waals surface area contributed by atoms with E-state index in [0.717, 1.165) is 0 Å². The number of hydrogen-bond acceptors (Lipinski definition) is 4. The van der Waals surface area contributed by atoms with Crippen LogP contribution in [0.4, 0.5) is 10.1 Å². The number of rotatable bonds is 5. The van der Waals surface area contributed by atoms with Gasteiger partial charge < -0.3 is 20.1 Å². The summed E-state index contributed by atoms with van der Waals surface area (Å²) in [5, 5.41) is 5.36. The zero-order valence-corrected chi connectivity index (χ0v) is 16.8. The van der Waals surface area contributed by atoms with E-state index < -0.39 is 17.6 Å². The quantitative estimate of drug-likeness (QED) is 0.730. The summed E-state index contributed by atoms with van der Waals surface area (Å²) in [7, 11) is 3.01. The number of hydrogen-bond donors (Lipinski definition) is 2. The second-order valence-corrected chi connectivity index (χ2v) is 6.97. The Balaban J connectivity index is 1.91. The summed E-state index contributed by atoms with van der Waals surface area (Å²) in [5.41, 5.74) is 1.35. The molecule has 0 fully saturated rings. The van der Waals surface area contributed by atoms with Gasteiger partial charge in [-0.05, 0) is 33.6 Å². The predicted octanol–water partition coefficient (Wildman–Crippen LogP) is 3.73. The van der Waals surface area contributed by atoms with Crippen molar-refractivity contribution < 1.29 is 23.5 Å². The largest absolute Gasteiger partial charge is 0.493 e. The van der Waals surface area contributed by atoms with Crippen molar-refractivity contribution in [3.05, 3.63) is 64.0 Å². The number of anilines is 1. The maximum atomic E-state index is 13.6. The number of benzene rings is 2. The number of amides is 2. The number of halogens is 2. The molecule has 2 aromatic rings. The molecule has 3 rings (SSSR count). The Morgan fingerprint density at radius 1 is 1.21 bits per heavy atom. The van der Waals surface area contributed by atoms with Crippen LogP contribution in [0.15, 0.2) is 52.6 Å². The number of carbonyl (C=O) groups is 2. The Labute approximate surface area is 169 Å². The monoisotopic (exact) mass is 448 g/mol. The lowest BCUT2D eigenvalue weighted by atomic mass is 9.86. The van der Waals surface area contributed by atoms with E-state index >= 15 is 0 Å². The summed E-state index contributed by atoms with van der Waals surface area (Å²) >= 11 is 3.39. The second kappa shape index (κ2) is 8.43. The molecule has 0 aromatic heterocycles. The van der Waals surface area contributed by atoms with Crippen LogP contribution in [0, 0.1) is 5.82 Å². The van der Waals surface area contributed by atoms with Crippen LogP contribution < -0.4 is 20.1 Å². The van der Waals surface area contributed by atoms with E-state index in [0.29, 0.717) is 32.8 Å². The first kappa shape index (κ1) is 19.9. The van der Waals surface area contributed by atoms with E-state index in [-0.39, 0.29) is 12.3 Å². The maximum Gasteiger partial charge on any atom is 0.253 e. The molecule has 2 N–H and O–H groups in total. The molecule has 2 aromatic carbocycles. The zero-order chi connectivity index (χ0) is 20.3. The minimum atomic E-state index is -0.552. The van der Waals surface area contributed by atoms with Gasteiger partial charge in [0, 0.05) is 40.7 Å². The predicted molar refractivity (Wildman–Crippen MR) is 106 cm³/mol. The molecule has 0 radical (unpaired) electrons. The normalized spacial score (nSPS) is 16.1. The number of carbonyl (C=O) groups excluding carboxylic acids is 2. The molecular formula is C20H18BrFN2O4. The Bertz CT molecular complexity index is 961. The van der Waals surface area contributed by atoms with Crippen LogP contribution in [0.5, 0.6) is 11.5 Å². The maximum absolute atomic E-state index is 13.6. The lowest BCUT2D eigenvalue weighted by Crippen LogP contribution is -2.32. The Kier molecular flexibility index (Phi) is 5.99. The minimum Gasteiger partial charge on any atom is -0.493 e. The smallest absolute Gasteiger partial charge is 0.253 e. The first-order chi connectivity index (χ1) is 13.4. The van der Waals surface area contributed by atoms with Crippen molar-refractivity contribution in [2.45, 2.75) is 12.3 Å². The van der Waals surface area contributed by atoms with Crippen molar-refractivity contribution in [3.63, 3.8) is 0 Å². The molecule has 0 bridgehead atoms. The lowest BCUT2D eigenvalue weighted by Gasteiger charge is -2.24. The van der Waals surface area contributed by atoms with Crippen LogP contribution in [0.2, 0.25) is 0 Å². The fourth-order valence-corrected chi connectivity index (χ4v) is 3.42. The highest BCUT2D eigenvalue weighted by atomic mass is 79.9. The summed E-state index contributed by atoms with van der Waals surface area (Å²) in [6.45, 7) is 0. The molecule has 0 spiro atoms. The SMILES string of the molecule is COc1cc(Br)c(NC(=O)C2=CNC(=O)C[C@@H]2c2cccc(F)c2)cc1OC. The summed E-state index contributed by atoms with van der Waals surface area (Å²) in [6, 6.07) is 9.19. The third-order valence-corrected chi connectivity index (χ3v) is 5.04. The van der Waals surface area contributed by atoms with Crippen molar-refractivity contribution in [1.82, 2.24) is 5.32 Å². The molecule has 1 aliphatic rings. The highest BCUT2D eigenvalue weighted by Gasteiger charge is 2.29. The number of methoxy groups -OCH3 is 2. The Morgan fingerprint density at radius 2 is 1.93 bits per heavy atom. The zero-order valence-electron chi connectivity index (χ0n) is 15.2. The Morgan fingerprint density at radius 3 is 2.61 bits per heavy atom. The Hall–Kier alpha value is -2.87. The lowest BCUT2D eigenvalue weighted by molar-refractivity contribution is -0.121. The van der Waals surface area contributed by atoms with Crippen LogP contribution in [-0.4, -0.2) is 26.0 Å². The van der Waals surface area contributed by atoms with Crippen molar-refractivity contribution in [3.8, 4) is 11.5 Å². The van der Waals surface area contributed by atoms with E-state index in [1.165, 1.54) is 32.6 Å². The molecule has 6 nitrogen and oxygen atoms in total. The van der Waals surface area contributed by atoms with Crippen molar-refractivity contribution in [2.24, 2.45) is 0 Å². The molecule has 146 valence electrons. The molecule has 1 aliphatic heterocycles. The third kappa shape index (κ3) is 4.17. The topological polar surface area (TPSA) is 76.7 Å². The molecule has 2 amide bonds. The molecular weight excluding hydrogens is 431 g/mol. The van der Waals surface area contributed by atoms with Gasteiger partial charge in [0.05, 0.1) is 19.9 Å². The first-order valence-corrected chi connectivity index (χ1v) is 9.20. The van der Waals surface area contributed by atoms with Crippen LogP contribution in [0.25, 0.3) is 0 Å². The van der Waals surface area contributed by atoms with E-state index in [1.54, 1.807) is 24.3 Å². The van der Waals surface area contributed by atoms with Gasteiger partial charge in [-0.2, -0.15) is 0 Å². The van der Waals surface area contributed by atoms with Gasteiger partial charge >= 0.3 is 0 Å². The van der Waals surface area contributed by atoms with Gasteiger partial charge in [-0.3, -0.25) is 9.59 Å². The van der Waals surface area contributed by atoms with Crippen molar-refractivity contribution >= 4 is 33.4 Å². The minimum absolute atomic E-state index is 0.0514. The van der Waals surface area contributed by atoms with E-state index in [2.05, 4.69) is 26.6 Å². The fraction of sp³-hybridized carbons (Fsp3) is 0.200. The number of ether oxygens (including phenoxy) is 2. The van der Waals surface area contributed by atoms with Gasteiger partial charge in [-0.25, -0.2) is 4.39 Å². The first-order valence-electron chi connectivity index (χ1n) is 8.40. The molecule has 0 aliphatic carbocycles. The molecule has 1 atom stereocenters. The van der Waals surface area contributed by atoms with Gasteiger partial charge in [0.2, 0.25) is 5.91 Å². The summed E-state index contributed by atoms with van der Waals surface area (Å²) < 4.78 is 24.7. The standard InChI is InChI=1S/C20H18BrFN2O4/c1-27-17-8-15(21)16(9-18(17)28-2)24-20(26)14-10-23-19(25)7-13(14)11-4-3-5-12(22)6-11/h3-6,8-10,13H,7H2,1-2H3,(H,23,25)(H,24,26)/t13-/m1/s1. The van der Waals surface area contributed by atoms with Gasteiger partial charge in [0.25, 0.3) is 5.91 Å². The van der Waals surface area contributed by atoms with Crippen molar-refractivity contribution in [2.75, 3.05) is 19.5 Å². The molecule has 8 heteroatoms. The summed E-state index contributed by atoms with van der Waals surface area (Å²) in [5.74, 6) is -0.669. The summed E-state index contributed by atoms with van der Waals surface area (Å²) in [6.07, 6.45) is 1.42. The van der Waals surface area contributed by atoms with Gasteiger partial charge in [-0.1, -0.05) is 12.1 Å². The van der Waals surface area contributed by atoms with E-state index in [1.807, 2.05) is 0 Å². The molecule has 28 heavy (non-hydrogen) atoms. The molecule has 0 unspecified atom stereocenters. The molecule has 0 saturated heterocycles.